The molecule has 0 aliphatic carbocycles. The van der Waals surface area contributed by atoms with Gasteiger partial charge in [0.05, 0.1) is 0 Å². The Morgan fingerprint density at radius 2 is 1.42 bits per heavy atom. The fraction of sp³-hybridized carbons (Fsp3) is 0.647. The van der Waals surface area contributed by atoms with Crippen molar-refractivity contribution >= 4 is 0 Å². The van der Waals surface area contributed by atoms with Crippen LogP contribution in [-0.2, 0) is 4.74 Å². The van der Waals surface area contributed by atoms with Crippen molar-refractivity contribution in [2.24, 2.45) is 0 Å². The second-order valence-electron chi connectivity index (χ2n) is 4.65. The van der Waals surface area contributed by atoms with Gasteiger partial charge >= 0.3 is 0 Å². The smallest absolute Gasteiger partial charge is 0.115 e. The maximum absolute atomic E-state index is 8.63. The molecule has 2 heteroatoms. The van der Waals surface area contributed by atoms with Crippen LogP contribution >= 0.6 is 0 Å². The Balaban J connectivity index is 0.000000388. The highest BCUT2D eigenvalue weighted by molar-refractivity contribution is 5.18. The lowest BCUT2D eigenvalue weighted by molar-refractivity contribution is 0.143. The van der Waals surface area contributed by atoms with Gasteiger partial charge in [-0.15, -0.1) is 0 Å². The lowest BCUT2D eigenvalue weighted by Gasteiger charge is -2.01. The number of hydrogen-bond donors (Lipinski definition) is 1. The first kappa shape index (κ1) is 18.0. The monoisotopic (exact) mass is 266 g/mol. The normalized spacial score (nSPS) is 9.79. The van der Waals surface area contributed by atoms with E-state index in [1.54, 1.807) is 24.3 Å². The van der Waals surface area contributed by atoms with Crippen molar-refractivity contribution in [2.75, 3.05) is 13.2 Å². The fourth-order valence-electron chi connectivity index (χ4n) is 1.73. The molecule has 1 aromatic rings. The van der Waals surface area contributed by atoms with E-state index in [-0.39, 0.29) is 0 Å². The Kier molecular flexibility index (Phi) is 14.2. The Morgan fingerprint density at radius 3 is 1.89 bits per heavy atom. The van der Waals surface area contributed by atoms with Crippen molar-refractivity contribution in [3.63, 3.8) is 0 Å². The second kappa shape index (κ2) is 15.0. The zero-order valence-electron chi connectivity index (χ0n) is 12.6. The minimum Gasteiger partial charge on any atom is -0.508 e. The van der Waals surface area contributed by atoms with Crippen LogP contribution in [-0.4, -0.2) is 18.3 Å². The first-order valence-corrected chi connectivity index (χ1v) is 7.63. The second-order valence-corrected chi connectivity index (χ2v) is 4.65. The number of benzene rings is 1. The molecule has 0 saturated heterocycles. The molecule has 0 heterocycles. The summed E-state index contributed by atoms with van der Waals surface area (Å²) in [5.74, 6) is 0.322. The molecule has 0 bridgehead atoms. The topological polar surface area (TPSA) is 29.5 Å². The van der Waals surface area contributed by atoms with Gasteiger partial charge in [0, 0.05) is 13.2 Å². The van der Waals surface area contributed by atoms with E-state index in [1.165, 1.54) is 44.9 Å². The van der Waals surface area contributed by atoms with Gasteiger partial charge in [0.2, 0.25) is 0 Å². The number of hydrogen-bond acceptors (Lipinski definition) is 2. The van der Waals surface area contributed by atoms with Crippen molar-refractivity contribution in [1.82, 2.24) is 0 Å². The summed E-state index contributed by atoms with van der Waals surface area (Å²) in [5.41, 5.74) is 0. The molecule has 0 amide bonds. The predicted octanol–water partition coefficient (Wildman–Crippen LogP) is 5.17. The van der Waals surface area contributed by atoms with Gasteiger partial charge in [0.25, 0.3) is 0 Å². The minimum atomic E-state index is 0.322. The largest absolute Gasteiger partial charge is 0.508 e. The van der Waals surface area contributed by atoms with Gasteiger partial charge in [-0.05, 0) is 25.5 Å². The molecule has 0 atom stereocenters. The van der Waals surface area contributed by atoms with Crippen molar-refractivity contribution < 1.29 is 9.84 Å². The maximum atomic E-state index is 8.63. The molecule has 2 nitrogen and oxygen atoms in total. The molecule has 1 aromatic carbocycles. The zero-order valence-corrected chi connectivity index (χ0v) is 12.6. The van der Waals surface area contributed by atoms with Crippen LogP contribution in [0, 0.1) is 0 Å². The van der Waals surface area contributed by atoms with Crippen LogP contribution in [0.1, 0.15) is 58.8 Å². The molecule has 0 fully saturated rings. The third-order valence-electron chi connectivity index (χ3n) is 2.85. The Hall–Kier alpha value is -1.02. The minimum absolute atomic E-state index is 0.322. The van der Waals surface area contributed by atoms with Crippen LogP contribution in [0.25, 0.3) is 0 Å². The number of para-hydroxylation sites is 1. The molecule has 0 radical (unpaired) electrons. The third kappa shape index (κ3) is 14.9. The molecule has 19 heavy (non-hydrogen) atoms. The van der Waals surface area contributed by atoms with E-state index in [4.69, 9.17) is 9.84 Å². The lowest BCUT2D eigenvalue weighted by atomic mass is 10.1. The molecule has 110 valence electrons. The van der Waals surface area contributed by atoms with Gasteiger partial charge in [-0.2, -0.15) is 0 Å². The molecule has 0 aromatic heterocycles. The summed E-state index contributed by atoms with van der Waals surface area (Å²) in [7, 11) is 0. The molecule has 1 rings (SSSR count). The number of phenols is 1. The summed E-state index contributed by atoms with van der Waals surface area (Å²) >= 11 is 0. The van der Waals surface area contributed by atoms with Crippen LogP contribution in [0.3, 0.4) is 0 Å². The molecule has 0 aliphatic rings. The van der Waals surface area contributed by atoms with Gasteiger partial charge in [-0.1, -0.05) is 63.6 Å². The summed E-state index contributed by atoms with van der Waals surface area (Å²) in [5, 5.41) is 8.63. The van der Waals surface area contributed by atoms with E-state index >= 15 is 0 Å². The highest BCUT2D eigenvalue weighted by atomic mass is 16.5. The van der Waals surface area contributed by atoms with Gasteiger partial charge in [0.15, 0.2) is 0 Å². The SMILES string of the molecule is CCCCCCCCCOCC.Oc1ccccc1. The number of phenolic OH excluding ortho intramolecular Hbond substituents is 1. The zero-order chi connectivity index (χ0) is 14.2. The average Bonchev–Trinajstić information content (AvgIpc) is 2.43. The van der Waals surface area contributed by atoms with E-state index in [9.17, 15) is 0 Å². The lowest BCUT2D eigenvalue weighted by Crippen LogP contribution is -1.92. The molecule has 0 unspecified atom stereocenters. The van der Waals surface area contributed by atoms with Gasteiger partial charge in [0.1, 0.15) is 5.75 Å². The van der Waals surface area contributed by atoms with Crippen molar-refractivity contribution in [3.8, 4) is 5.75 Å². The maximum Gasteiger partial charge on any atom is 0.115 e. The highest BCUT2D eigenvalue weighted by Crippen LogP contribution is 2.06. The summed E-state index contributed by atoms with van der Waals surface area (Å²) in [4.78, 5) is 0. The first-order chi connectivity index (χ1) is 9.31. The van der Waals surface area contributed by atoms with Crippen molar-refractivity contribution in [1.29, 1.82) is 0 Å². The third-order valence-corrected chi connectivity index (χ3v) is 2.85. The van der Waals surface area contributed by atoms with Crippen molar-refractivity contribution in [2.45, 2.75) is 58.8 Å². The van der Waals surface area contributed by atoms with Crippen LogP contribution in [0.15, 0.2) is 30.3 Å². The molecule has 1 N–H and O–H groups in total. The van der Waals surface area contributed by atoms with Crippen LogP contribution in [0.5, 0.6) is 5.75 Å². The summed E-state index contributed by atoms with van der Waals surface area (Å²) in [6.45, 7) is 6.15. The summed E-state index contributed by atoms with van der Waals surface area (Å²) < 4.78 is 5.26. The highest BCUT2D eigenvalue weighted by Gasteiger charge is 1.89. The van der Waals surface area contributed by atoms with Gasteiger partial charge in [-0.3, -0.25) is 0 Å². The van der Waals surface area contributed by atoms with E-state index in [0.717, 1.165) is 13.2 Å². The van der Waals surface area contributed by atoms with E-state index < -0.39 is 0 Å². The number of rotatable bonds is 9. The standard InChI is InChI=1S/C11H24O.C6H6O/c1-3-5-6-7-8-9-10-11-12-4-2;7-6-4-2-1-3-5-6/h3-11H2,1-2H3;1-5,7H. The average molecular weight is 266 g/mol. The van der Waals surface area contributed by atoms with Gasteiger partial charge in [-0.25, -0.2) is 0 Å². The molecular formula is C17H30O2. The number of ether oxygens (including phenoxy) is 1. The summed E-state index contributed by atoms with van der Waals surface area (Å²) in [6.07, 6.45) is 9.59. The van der Waals surface area contributed by atoms with E-state index in [0.29, 0.717) is 5.75 Å². The van der Waals surface area contributed by atoms with Crippen molar-refractivity contribution in [3.05, 3.63) is 30.3 Å². The predicted molar refractivity (Wildman–Crippen MR) is 82.6 cm³/mol. The van der Waals surface area contributed by atoms with Crippen LogP contribution in [0.4, 0.5) is 0 Å². The Bertz CT molecular complexity index is 249. The quantitative estimate of drug-likeness (QED) is 0.625. The molecule has 0 spiro atoms. The first-order valence-electron chi connectivity index (χ1n) is 7.63. The number of aromatic hydroxyl groups is 1. The number of unbranched alkanes of at least 4 members (excludes halogenated alkanes) is 6. The molecule has 0 aliphatic heterocycles. The Labute approximate surface area is 118 Å². The fourth-order valence-corrected chi connectivity index (χ4v) is 1.73. The molecular weight excluding hydrogens is 236 g/mol. The van der Waals surface area contributed by atoms with Crippen LogP contribution < -0.4 is 0 Å². The summed E-state index contributed by atoms with van der Waals surface area (Å²) in [6, 6.07) is 8.71. The van der Waals surface area contributed by atoms with Gasteiger partial charge < -0.3 is 9.84 Å². The van der Waals surface area contributed by atoms with E-state index in [1.807, 2.05) is 6.07 Å². The van der Waals surface area contributed by atoms with E-state index in [2.05, 4.69) is 13.8 Å². The Morgan fingerprint density at radius 1 is 0.842 bits per heavy atom. The molecule has 0 saturated carbocycles. The van der Waals surface area contributed by atoms with Crippen LogP contribution in [0.2, 0.25) is 0 Å².